The molecular formula is C29H38F6N6O2. The van der Waals surface area contributed by atoms with Gasteiger partial charge in [-0.25, -0.2) is 9.97 Å². The molecule has 2 aliphatic rings. The van der Waals surface area contributed by atoms with E-state index in [2.05, 4.69) is 30.4 Å². The number of piperidine rings is 1. The van der Waals surface area contributed by atoms with Crippen LogP contribution in [0.2, 0.25) is 0 Å². The fraction of sp³-hybridized carbons (Fsp3) is 0.586. The lowest BCUT2D eigenvalue weighted by atomic mass is 9.97. The van der Waals surface area contributed by atoms with Crippen molar-refractivity contribution < 1.29 is 35.9 Å². The number of rotatable bonds is 6. The average Bonchev–Trinajstić information content (AvgIpc) is 3.50. The number of nitrogens with one attached hydrogen (secondary N) is 2. The van der Waals surface area contributed by atoms with Gasteiger partial charge in [-0.3, -0.25) is 19.4 Å². The summed E-state index contributed by atoms with van der Waals surface area (Å²) in [5, 5.41) is 5.18. The molecular weight excluding hydrogens is 578 g/mol. The second kappa shape index (κ2) is 13.6. The Kier molecular flexibility index (Phi) is 10.8. The van der Waals surface area contributed by atoms with Gasteiger partial charge in [0.25, 0.3) is 0 Å². The number of hydrogen-bond acceptors (Lipinski definition) is 6. The molecule has 0 aliphatic carbocycles. The lowest BCUT2D eigenvalue weighted by Gasteiger charge is -2.39. The minimum atomic E-state index is -4.43. The van der Waals surface area contributed by atoms with E-state index in [9.17, 15) is 35.9 Å². The van der Waals surface area contributed by atoms with Crippen LogP contribution in [0.3, 0.4) is 0 Å². The Hall–Kier alpha value is -3.26. The molecule has 2 aromatic rings. The van der Waals surface area contributed by atoms with E-state index in [-0.39, 0.29) is 23.5 Å². The molecule has 2 aliphatic heterocycles. The number of amides is 2. The molecule has 0 radical (unpaired) electrons. The van der Waals surface area contributed by atoms with E-state index in [0.717, 1.165) is 82.8 Å². The number of carbonyl (C=O) groups is 2. The summed E-state index contributed by atoms with van der Waals surface area (Å²) >= 11 is 0. The number of pyridine rings is 2. The molecule has 43 heavy (non-hydrogen) atoms. The van der Waals surface area contributed by atoms with Crippen molar-refractivity contribution >= 4 is 23.5 Å². The van der Waals surface area contributed by atoms with Crippen molar-refractivity contribution in [1.82, 2.24) is 19.8 Å². The van der Waals surface area contributed by atoms with E-state index in [1.807, 2.05) is 13.8 Å². The van der Waals surface area contributed by atoms with E-state index in [4.69, 9.17) is 0 Å². The predicted octanol–water partition coefficient (Wildman–Crippen LogP) is 6.22. The second-order valence-electron chi connectivity index (χ2n) is 11.6. The normalized spacial score (nSPS) is 17.2. The molecule has 4 heterocycles. The van der Waals surface area contributed by atoms with Crippen molar-refractivity contribution in [3.05, 3.63) is 47.8 Å². The summed E-state index contributed by atoms with van der Waals surface area (Å²) < 4.78 is 74.8. The van der Waals surface area contributed by atoms with Crippen molar-refractivity contribution in [1.29, 1.82) is 0 Å². The van der Waals surface area contributed by atoms with Gasteiger partial charge in [0.1, 0.15) is 11.6 Å². The summed E-state index contributed by atoms with van der Waals surface area (Å²) in [6.07, 6.45) is -2.04. The summed E-state index contributed by atoms with van der Waals surface area (Å²) in [6.45, 7) is 10.6. The number of likely N-dealkylation sites (tertiary alicyclic amines) is 2. The fourth-order valence-corrected chi connectivity index (χ4v) is 4.83. The highest BCUT2D eigenvalue weighted by Crippen LogP contribution is 2.30. The zero-order valence-electron chi connectivity index (χ0n) is 24.7. The molecule has 0 aromatic carbocycles. The maximum Gasteiger partial charge on any atom is 0.417 e. The van der Waals surface area contributed by atoms with Gasteiger partial charge in [0.15, 0.2) is 0 Å². The summed E-state index contributed by atoms with van der Waals surface area (Å²) in [5.41, 5.74) is -3.09. The number of alkyl halides is 6. The maximum absolute atomic E-state index is 12.5. The van der Waals surface area contributed by atoms with Gasteiger partial charge < -0.3 is 10.6 Å². The number of halogens is 6. The third kappa shape index (κ3) is 9.12. The van der Waals surface area contributed by atoms with Gasteiger partial charge in [0.2, 0.25) is 11.8 Å². The van der Waals surface area contributed by atoms with Gasteiger partial charge in [-0.2, -0.15) is 26.3 Å². The first kappa shape index (κ1) is 34.2. The molecule has 2 aromatic heterocycles. The van der Waals surface area contributed by atoms with Gasteiger partial charge in [0, 0.05) is 12.4 Å². The first-order valence-corrected chi connectivity index (χ1v) is 14.1. The molecule has 0 atom stereocenters. The van der Waals surface area contributed by atoms with Crippen LogP contribution in [0.5, 0.6) is 0 Å². The van der Waals surface area contributed by atoms with Gasteiger partial charge >= 0.3 is 12.4 Å². The van der Waals surface area contributed by atoms with Crippen LogP contribution in [0.25, 0.3) is 0 Å². The third-order valence-electron chi connectivity index (χ3n) is 7.82. The van der Waals surface area contributed by atoms with Crippen molar-refractivity contribution in [2.75, 3.05) is 36.8 Å². The van der Waals surface area contributed by atoms with Crippen LogP contribution in [-0.4, -0.2) is 68.8 Å². The molecule has 0 bridgehead atoms. The molecule has 14 heteroatoms. The molecule has 2 N–H and O–H groups in total. The lowest BCUT2D eigenvalue weighted by Crippen LogP contribution is -2.54. The molecule has 2 fully saturated rings. The Morgan fingerprint density at radius 1 is 0.605 bits per heavy atom. The molecule has 2 amide bonds. The smallest absolute Gasteiger partial charge is 0.309 e. The van der Waals surface area contributed by atoms with E-state index in [0.29, 0.717) is 0 Å². The van der Waals surface area contributed by atoms with Gasteiger partial charge in [-0.05, 0) is 104 Å². The summed E-state index contributed by atoms with van der Waals surface area (Å²) in [5.74, 6) is -0.276. The molecule has 8 nitrogen and oxygen atoms in total. The van der Waals surface area contributed by atoms with Crippen LogP contribution in [0, 0.1) is 0 Å². The number of aromatic nitrogens is 2. The largest absolute Gasteiger partial charge is 0.417 e. The highest BCUT2D eigenvalue weighted by molar-refractivity contribution is 5.97. The molecule has 0 unspecified atom stereocenters. The summed E-state index contributed by atoms with van der Waals surface area (Å²) in [7, 11) is 0. The summed E-state index contributed by atoms with van der Waals surface area (Å²) in [4.78, 5) is 36.2. The maximum atomic E-state index is 12.5. The zero-order valence-corrected chi connectivity index (χ0v) is 24.7. The highest BCUT2D eigenvalue weighted by Gasteiger charge is 2.37. The van der Waals surface area contributed by atoms with Crippen LogP contribution in [0.1, 0.15) is 70.9 Å². The Bertz CT molecular complexity index is 1220. The van der Waals surface area contributed by atoms with E-state index < -0.39 is 34.6 Å². The number of anilines is 2. The first-order valence-electron chi connectivity index (χ1n) is 14.1. The SMILES string of the molecule is CC(C)(C(=O)Nc1ccc(C(F)(F)F)cn1)N1CCCC1.CC(C)(C(=O)Nc1ccc(C(F)(F)F)cn1)N1CCCCC1. The van der Waals surface area contributed by atoms with Gasteiger partial charge in [-0.15, -0.1) is 0 Å². The first-order chi connectivity index (χ1) is 19.9. The molecule has 0 saturated carbocycles. The van der Waals surface area contributed by atoms with Crippen molar-refractivity contribution in [2.45, 2.75) is 83.2 Å². The molecule has 0 spiro atoms. The van der Waals surface area contributed by atoms with Crippen LogP contribution in [-0.2, 0) is 21.9 Å². The van der Waals surface area contributed by atoms with Gasteiger partial charge in [0.05, 0.1) is 22.2 Å². The van der Waals surface area contributed by atoms with Crippen molar-refractivity contribution in [2.24, 2.45) is 0 Å². The fourth-order valence-electron chi connectivity index (χ4n) is 4.83. The van der Waals surface area contributed by atoms with Crippen LogP contribution in [0.4, 0.5) is 38.0 Å². The lowest BCUT2D eigenvalue weighted by molar-refractivity contribution is -0.138. The topological polar surface area (TPSA) is 90.5 Å². The van der Waals surface area contributed by atoms with Crippen LogP contribution >= 0.6 is 0 Å². The number of nitrogens with zero attached hydrogens (tertiary/aromatic N) is 4. The molecule has 2 saturated heterocycles. The van der Waals surface area contributed by atoms with E-state index in [1.165, 1.54) is 12.1 Å². The van der Waals surface area contributed by atoms with Crippen molar-refractivity contribution in [3.63, 3.8) is 0 Å². The number of carbonyl (C=O) groups excluding carboxylic acids is 2. The minimum absolute atomic E-state index is 0.125. The Morgan fingerprint density at radius 2 is 0.930 bits per heavy atom. The Labute approximate surface area is 247 Å². The zero-order chi connectivity index (χ0) is 32.1. The average molecular weight is 617 g/mol. The minimum Gasteiger partial charge on any atom is -0.309 e. The van der Waals surface area contributed by atoms with Gasteiger partial charge in [-0.1, -0.05) is 6.42 Å². The summed E-state index contributed by atoms with van der Waals surface area (Å²) in [6, 6.07) is 4.16. The van der Waals surface area contributed by atoms with E-state index in [1.54, 1.807) is 13.8 Å². The Morgan fingerprint density at radius 3 is 1.21 bits per heavy atom. The molecule has 4 rings (SSSR count). The third-order valence-corrected chi connectivity index (χ3v) is 7.82. The van der Waals surface area contributed by atoms with E-state index >= 15 is 0 Å². The van der Waals surface area contributed by atoms with Crippen molar-refractivity contribution in [3.8, 4) is 0 Å². The predicted molar refractivity (Wildman–Crippen MR) is 150 cm³/mol. The quantitative estimate of drug-likeness (QED) is 0.375. The second-order valence-corrected chi connectivity index (χ2v) is 11.6. The highest BCUT2D eigenvalue weighted by atomic mass is 19.4. The van der Waals surface area contributed by atoms with Crippen LogP contribution in [0.15, 0.2) is 36.7 Å². The Balaban J connectivity index is 0.000000236. The number of hydrogen-bond donors (Lipinski definition) is 2. The van der Waals surface area contributed by atoms with Crippen LogP contribution < -0.4 is 10.6 Å². The monoisotopic (exact) mass is 616 g/mol. The molecule has 238 valence electrons. The standard InChI is InChI=1S/C15H20F3N3O.C14H18F3N3O/c1-14(2,21-8-4-3-5-9-21)13(22)20-12-7-6-11(10-19-12)15(16,17)18;1-13(2,20-7-3-4-8-20)12(21)19-11-6-5-10(9-18-11)14(15,16)17/h6-7,10H,3-5,8-9H2,1-2H3,(H,19,20,22);5-6,9H,3-4,7-8H2,1-2H3,(H,18,19,21).